The van der Waals surface area contributed by atoms with Crippen LogP contribution in [-0.2, 0) is 17.2 Å². The number of hydrogen-bond acceptors (Lipinski definition) is 8. The van der Waals surface area contributed by atoms with Gasteiger partial charge in [0.15, 0.2) is 0 Å². The molecule has 0 aliphatic carbocycles. The van der Waals surface area contributed by atoms with Gasteiger partial charge >= 0.3 is 0 Å². The first-order valence-corrected chi connectivity index (χ1v) is 11.4. The van der Waals surface area contributed by atoms with Crippen LogP contribution in [0.5, 0.6) is 0 Å². The van der Waals surface area contributed by atoms with Crippen molar-refractivity contribution >= 4 is 28.8 Å². The van der Waals surface area contributed by atoms with Crippen molar-refractivity contribution in [1.29, 1.82) is 0 Å². The fraction of sp³-hybridized carbons (Fsp3) is 0.458. The second-order valence-electron chi connectivity index (χ2n) is 9.35. The van der Waals surface area contributed by atoms with Crippen molar-refractivity contribution in [1.82, 2.24) is 24.6 Å². The van der Waals surface area contributed by atoms with Gasteiger partial charge in [-0.15, -0.1) is 0 Å². The molecule has 5 rings (SSSR count). The van der Waals surface area contributed by atoms with Crippen molar-refractivity contribution in [3.05, 3.63) is 48.4 Å². The molecule has 9 heteroatoms. The summed E-state index contributed by atoms with van der Waals surface area (Å²) in [4.78, 5) is 16.5. The number of anilines is 5. The number of fused-ring (bicyclic) bond motifs is 1. The number of methoxy groups -OCH3 is 1. The monoisotopic (exact) mass is 448 g/mol. The highest BCUT2D eigenvalue weighted by Gasteiger charge is 2.41. The fourth-order valence-electron chi connectivity index (χ4n) is 4.73. The molecule has 9 nitrogen and oxygen atoms in total. The van der Waals surface area contributed by atoms with Crippen LogP contribution in [-0.4, -0.2) is 78.1 Å². The van der Waals surface area contributed by atoms with Gasteiger partial charge in [-0.1, -0.05) is 6.92 Å². The lowest BCUT2D eigenvalue weighted by molar-refractivity contribution is 0.145. The van der Waals surface area contributed by atoms with Gasteiger partial charge in [0.1, 0.15) is 5.82 Å². The highest BCUT2D eigenvalue weighted by Crippen LogP contribution is 2.43. The van der Waals surface area contributed by atoms with Crippen molar-refractivity contribution < 1.29 is 4.74 Å². The van der Waals surface area contributed by atoms with Crippen LogP contribution in [0.15, 0.2) is 42.9 Å². The number of likely N-dealkylation sites (N-methyl/N-ethyl adjacent to an activating group) is 1. The van der Waals surface area contributed by atoms with Crippen molar-refractivity contribution in [2.45, 2.75) is 12.3 Å². The average molecular weight is 449 g/mol. The molecule has 0 radical (unpaired) electrons. The minimum atomic E-state index is -0.192. The Morgan fingerprint density at radius 3 is 2.45 bits per heavy atom. The van der Waals surface area contributed by atoms with E-state index in [1.165, 1.54) is 5.69 Å². The van der Waals surface area contributed by atoms with Crippen molar-refractivity contribution in [2.24, 2.45) is 7.05 Å². The maximum absolute atomic E-state index is 5.54. The molecule has 2 aliphatic rings. The molecule has 2 aromatic heterocycles. The first-order chi connectivity index (χ1) is 15.9. The minimum absolute atomic E-state index is 0.192. The van der Waals surface area contributed by atoms with Crippen LogP contribution in [0.4, 0.5) is 28.8 Å². The molecule has 1 atom stereocenters. The summed E-state index contributed by atoms with van der Waals surface area (Å²) >= 11 is 0. The summed E-state index contributed by atoms with van der Waals surface area (Å²) in [6.45, 7) is 7.86. The third kappa shape index (κ3) is 4.26. The second-order valence-corrected chi connectivity index (χ2v) is 9.35. The average Bonchev–Trinajstić information content (AvgIpc) is 3.36. The van der Waals surface area contributed by atoms with Gasteiger partial charge in [-0.25, -0.2) is 4.98 Å². The van der Waals surface area contributed by atoms with Gasteiger partial charge in [0.2, 0.25) is 5.95 Å². The van der Waals surface area contributed by atoms with Crippen LogP contribution in [0.2, 0.25) is 0 Å². The Kier molecular flexibility index (Phi) is 5.67. The number of nitrogens with one attached hydrogen (secondary N) is 1. The van der Waals surface area contributed by atoms with Crippen LogP contribution >= 0.6 is 0 Å². The highest BCUT2D eigenvalue weighted by atomic mass is 16.5. The van der Waals surface area contributed by atoms with E-state index in [0.29, 0.717) is 12.6 Å². The number of rotatable bonds is 6. The van der Waals surface area contributed by atoms with E-state index in [9.17, 15) is 0 Å². The summed E-state index contributed by atoms with van der Waals surface area (Å²) in [5.41, 5.74) is 4.13. The molecule has 0 bridgehead atoms. The van der Waals surface area contributed by atoms with E-state index in [0.717, 1.165) is 55.5 Å². The number of aromatic nitrogens is 4. The Morgan fingerprint density at radius 2 is 1.79 bits per heavy atom. The van der Waals surface area contributed by atoms with Crippen LogP contribution in [0.3, 0.4) is 0 Å². The van der Waals surface area contributed by atoms with Crippen LogP contribution in [0.1, 0.15) is 12.5 Å². The molecule has 2 aliphatic heterocycles. The van der Waals surface area contributed by atoms with E-state index in [-0.39, 0.29) is 5.41 Å². The van der Waals surface area contributed by atoms with Gasteiger partial charge < -0.3 is 24.8 Å². The van der Waals surface area contributed by atoms with Gasteiger partial charge in [-0.2, -0.15) is 10.1 Å². The van der Waals surface area contributed by atoms with Gasteiger partial charge in [-0.05, 0) is 31.3 Å². The molecule has 1 saturated heterocycles. The first-order valence-electron chi connectivity index (χ1n) is 11.4. The molecular formula is C24H32N8O. The summed E-state index contributed by atoms with van der Waals surface area (Å²) in [7, 11) is 5.84. The molecule has 3 aromatic rings. The summed E-state index contributed by atoms with van der Waals surface area (Å²) in [5.74, 6) is 1.48. The Hall–Kier alpha value is -3.17. The Bertz CT molecular complexity index is 1110. The molecule has 0 unspecified atom stereocenters. The molecule has 4 heterocycles. The summed E-state index contributed by atoms with van der Waals surface area (Å²) in [6.07, 6.45) is 5.81. The number of piperazine rings is 1. The normalized spacial score (nSPS) is 20.8. The van der Waals surface area contributed by atoms with Crippen LogP contribution in [0, 0.1) is 0 Å². The number of nitrogens with zero attached hydrogens (tertiary/aromatic N) is 7. The molecule has 1 aromatic carbocycles. The largest absolute Gasteiger partial charge is 0.384 e. The predicted molar refractivity (Wildman–Crippen MR) is 131 cm³/mol. The zero-order valence-electron chi connectivity index (χ0n) is 19.8. The van der Waals surface area contributed by atoms with E-state index in [4.69, 9.17) is 9.72 Å². The lowest BCUT2D eigenvalue weighted by Crippen LogP contribution is -2.44. The lowest BCUT2D eigenvalue weighted by atomic mass is 9.87. The van der Waals surface area contributed by atoms with Gasteiger partial charge in [0.25, 0.3) is 0 Å². The molecule has 174 valence electrons. The summed E-state index contributed by atoms with van der Waals surface area (Å²) in [6, 6.07) is 8.52. The maximum Gasteiger partial charge on any atom is 0.229 e. The summed E-state index contributed by atoms with van der Waals surface area (Å²) < 4.78 is 7.35. The van der Waals surface area contributed by atoms with Gasteiger partial charge in [-0.3, -0.25) is 4.68 Å². The van der Waals surface area contributed by atoms with Crippen LogP contribution < -0.4 is 15.1 Å². The van der Waals surface area contributed by atoms with E-state index < -0.39 is 0 Å². The van der Waals surface area contributed by atoms with Crippen LogP contribution in [0.25, 0.3) is 0 Å². The third-order valence-electron chi connectivity index (χ3n) is 6.64. The first kappa shape index (κ1) is 21.7. The standard InChI is InChI=1S/C24H32N8O/c1-24(17-33-4)16-32(20-13-26-30(3)15-20)22-21(24)14-25-23(28-22)27-18-5-7-19(8-6-18)31-11-9-29(2)10-12-31/h5-8,13-15H,9-12,16-17H2,1-4H3,(H,25,27,28)/t24-/m1/s1. The van der Waals surface area contributed by atoms with E-state index >= 15 is 0 Å². The third-order valence-corrected chi connectivity index (χ3v) is 6.64. The Morgan fingerprint density at radius 1 is 1.03 bits per heavy atom. The number of ether oxygens (including phenoxy) is 1. The second kappa shape index (κ2) is 8.64. The molecular weight excluding hydrogens is 416 g/mol. The number of aryl methyl sites for hydroxylation is 1. The maximum atomic E-state index is 5.54. The minimum Gasteiger partial charge on any atom is -0.384 e. The predicted octanol–water partition coefficient (Wildman–Crippen LogP) is 2.76. The van der Waals surface area contributed by atoms with Gasteiger partial charge in [0.05, 0.1) is 18.5 Å². The van der Waals surface area contributed by atoms with Crippen molar-refractivity contribution in [2.75, 3.05) is 68.6 Å². The fourth-order valence-corrected chi connectivity index (χ4v) is 4.73. The zero-order chi connectivity index (χ0) is 23.0. The SMILES string of the molecule is COC[C@@]1(C)CN(c2cnn(C)c2)c2nc(Nc3ccc(N4CCN(C)CC4)cc3)ncc21. The van der Waals surface area contributed by atoms with Crippen molar-refractivity contribution in [3.8, 4) is 0 Å². The molecule has 0 amide bonds. The number of hydrogen-bond donors (Lipinski definition) is 1. The van der Waals surface area contributed by atoms with Gasteiger partial charge in [0, 0.05) is 81.6 Å². The highest BCUT2D eigenvalue weighted by molar-refractivity contribution is 5.70. The van der Waals surface area contributed by atoms with E-state index in [1.54, 1.807) is 7.11 Å². The molecule has 1 N–H and O–H groups in total. The van der Waals surface area contributed by atoms with Crippen molar-refractivity contribution in [3.63, 3.8) is 0 Å². The zero-order valence-corrected chi connectivity index (χ0v) is 19.8. The summed E-state index contributed by atoms with van der Waals surface area (Å²) in [5, 5.41) is 7.73. The Balaban J connectivity index is 1.38. The Labute approximate surface area is 195 Å². The lowest BCUT2D eigenvalue weighted by Gasteiger charge is -2.34. The topological polar surface area (TPSA) is 74.6 Å². The van der Waals surface area contributed by atoms with E-state index in [2.05, 4.69) is 68.3 Å². The molecule has 1 fully saturated rings. The quantitative estimate of drug-likeness (QED) is 0.617. The smallest absolute Gasteiger partial charge is 0.229 e. The molecule has 0 saturated carbocycles. The molecule has 33 heavy (non-hydrogen) atoms. The van der Waals surface area contributed by atoms with E-state index in [1.807, 2.05) is 30.3 Å². The molecule has 0 spiro atoms. The number of benzene rings is 1.